The molecular weight excluding hydrogens is 357 g/mol. The standard InChI is InChI=1S/C17H20ClF3N2O2/c1-2-3-4-7-22-15(24)11-9-12(11)16(25)23-14-6-5-10(18)8-13(14)17(19,20)21/h5-6,8,11-12H,2-4,7,9H2,1H3,(H,22,24)(H,23,25). The highest BCUT2D eigenvalue weighted by Gasteiger charge is 2.48. The Morgan fingerprint density at radius 3 is 2.52 bits per heavy atom. The van der Waals surface area contributed by atoms with E-state index in [2.05, 4.69) is 17.6 Å². The summed E-state index contributed by atoms with van der Waals surface area (Å²) in [6.07, 6.45) is -1.38. The molecule has 1 fully saturated rings. The van der Waals surface area contributed by atoms with Crippen molar-refractivity contribution in [2.75, 3.05) is 11.9 Å². The van der Waals surface area contributed by atoms with Gasteiger partial charge in [-0.25, -0.2) is 0 Å². The molecule has 1 aromatic rings. The number of rotatable bonds is 7. The van der Waals surface area contributed by atoms with Crippen LogP contribution in [0.1, 0.15) is 38.2 Å². The number of anilines is 1. The lowest BCUT2D eigenvalue weighted by molar-refractivity contribution is -0.137. The SMILES string of the molecule is CCCCCNC(=O)C1CC1C(=O)Nc1ccc(Cl)cc1C(F)(F)F. The first-order valence-electron chi connectivity index (χ1n) is 8.19. The maximum absolute atomic E-state index is 13.0. The fourth-order valence-electron chi connectivity index (χ4n) is 2.58. The second-order valence-corrected chi connectivity index (χ2v) is 6.56. The molecule has 0 radical (unpaired) electrons. The monoisotopic (exact) mass is 376 g/mol. The van der Waals surface area contributed by atoms with Gasteiger partial charge in [-0.2, -0.15) is 13.2 Å². The van der Waals surface area contributed by atoms with Crippen molar-refractivity contribution in [2.24, 2.45) is 11.8 Å². The molecule has 1 aliphatic carbocycles. The van der Waals surface area contributed by atoms with Crippen LogP contribution in [0.2, 0.25) is 5.02 Å². The van der Waals surface area contributed by atoms with E-state index in [0.29, 0.717) is 13.0 Å². The smallest absolute Gasteiger partial charge is 0.356 e. The number of halogens is 4. The predicted octanol–water partition coefficient (Wildman–Crippen LogP) is 4.24. The molecule has 2 unspecified atom stereocenters. The maximum atomic E-state index is 13.0. The molecule has 1 aliphatic rings. The molecule has 1 saturated carbocycles. The van der Waals surface area contributed by atoms with Crippen molar-refractivity contribution in [3.8, 4) is 0 Å². The molecule has 0 heterocycles. The molecule has 8 heteroatoms. The van der Waals surface area contributed by atoms with Gasteiger partial charge in [0, 0.05) is 11.6 Å². The Morgan fingerprint density at radius 1 is 1.20 bits per heavy atom. The second-order valence-electron chi connectivity index (χ2n) is 6.12. The lowest BCUT2D eigenvalue weighted by Crippen LogP contribution is -2.28. The van der Waals surface area contributed by atoms with Gasteiger partial charge in [-0.3, -0.25) is 9.59 Å². The fourth-order valence-corrected chi connectivity index (χ4v) is 2.75. The third-order valence-corrected chi connectivity index (χ3v) is 4.32. The Hall–Kier alpha value is -1.76. The van der Waals surface area contributed by atoms with Gasteiger partial charge in [0.25, 0.3) is 0 Å². The quantitative estimate of drug-likeness (QED) is 0.699. The van der Waals surface area contributed by atoms with Crippen molar-refractivity contribution in [2.45, 2.75) is 38.8 Å². The predicted molar refractivity (Wildman–Crippen MR) is 89.2 cm³/mol. The van der Waals surface area contributed by atoms with Gasteiger partial charge < -0.3 is 10.6 Å². The Balaban J connectivity index is 1.93. The molecule has 0 aromatic heterocycles. The van der Waals surface area contributed by atoms with Crippen molar-refractivity contribution < 1.29 is 22.8 Å². The topological polar surface area (TPSA) is 58.2 Å². The molecule has 2 amide bonds. The number of hydrogen-bond acceptors (Lipinski definition) is 2. The Morgan fingerprint density at radius 2 is 1.88 bits per heavy atom. The number of hydrogen-bond donors (Lipinski definition) is 2. The highest BCUT2D eigenvalue weighted by molar-refractivity contribution is 6.30. The molecule has 25 heavy (non-hydrogen) atoms. The molecule has 2 N–H and O–H groups in total. The van der Waals surface area contributed by atoms with Crippen molar-refractivity contribution in [1.29, 1.82) is 0 Å². The average Bonchev–Trinajstić information content (AvgIpc) is 3.33. The zero-order valence-electron chi connectivity index (χ0n) is 13.8. The minimum absolute atomic E-state index is 0.0684. The van der Waals surface area contributed by atoms with Crippen LogP contribution in [0.3, 0.4) is 0 Å². The van der Waals surface area contributed by atoms with Crippen molar-refractivity contribution in [3.05, 3.63) is 28.8 Å². The maximum Gasteiger partial charge on any atom is 0.418 e. The van der Waals surface area contributed by atoms with E-state index in [9.17, 15) is 22.8 Å². The zero-order valence-corrected chi connectivity index (χ0v) is 14.5. The number of nitrogens with one attached hydrogen (secondary N) is 2. The van der Waals surface area contributed by atoms with Crippen LogP contribution in [-0.2, 0) is 15.8 Å². The summed E-state index contributed by atoms with van der Waals surface area (Å²) in [4.78, 5) is 24.1. The van der Waals surface area contributed by atoms with Crippen LogP contribution in [-0.4, -0.2) is 18.4 Å². The summed E-state index contributed by atoms with van der Waals surface area (Å²) in [5.41, 5.74) is -1.36. The average molecular weight is 377 g/mol. The highest BCUT2D eigenvalue weighted by Crippen LogP contribution is 2.41. The molecule has 0 spiro atoms. The van der Waals surface area contributed by atoms with E-state index in [1.165, 1.54) is 6.07 Å². The molecule has 1 aromatic carbocycles. The molecule has 0 bridgehead atoms. The summed E-state index contributed by atoms with van der Waals surface area (Å²) >= 11 is 5.60. The zero-order chi connectivity index (χ0) is 18.6. The van der Waals surface area contributed by atoms with E-state index >= 15 is 0 Å². The molecular formula is C17H20ClF3N2O2. The molecule has 2 rings (SSSR count). The Bertz CT molecular complexity index is 649. The first-order valence-corrected chi connectivity index (χ1v) is 8.57. The minimum Gasteiger partial charge on any atom is -0.356 e. The first-order chi connectivity index (χ1) is 11.7. The van der Waals surface area contributed by atoms with E-state index in [4.69, 9.17) is 11.6 Å². The third-order valence-electron chi connectivity index (χ3n) is 4.09. The van der Waals surface area contributed by atoms with Crippen LogP contribution in [0, 0.1) is 11.8 Å². The minimum atomic E-state index is -4.63. The molecule has 0 aliphatic heterocycles. The normalized spacial score (nSPS) is 19.4. The lowest BCUT2D eigenvalue weighted by Gasteiger charge is -2.14. The van der Waals surface area contributed by atoms with Crippen LogP contribution in [0.4, 0.5) is 18.9 Å². The Labute approximate surface area is 149 Å². The number of carbonyl (C=O) groups is 2. The number of alkyl halides is 3. The largest absolute Gasteiger partial charge is 0.418 e. The number of benzene rings is 1. The van der Waals surface area contributed by atoms with Gasteiger partial charge in [0.2, 0.25) is 11.8 Å². The summed E-state index contributed by atoms with van der Waals surface area (Å²) in [5.74, 6) is -1.86. The van der Waals surface area contributed by atoms with E-state index in [-0.39, 0.29) is 16.6 Å². The van der Waals surface area contributed by atoms with E-state index < -0.39 is 29.5 Å². The molecule has 0 saturated heterocycles. The Kier molecular flexibility index (Phi) is 6.32. The van der Waals surface area contributed by atoms with E-state index in [1.807, 2.05) is 0 Å². The third kappa shape index (κ3) is 5.36. The van der Waals surface area contributed by atoms with Crippen molar-refractivity contribution in [1.82, 2.24) is 5.32 Å². The van der Waals surface area contributed by atoms with Gasteiger partial charge >= 0.3 is 6.18 Å². The number of carbonyl (C=O) groups excluding carboxylic acids is 2. The summed E-state index contributed by atoms with van der Waals surface area (Å²) in [6.45, 7) is 2.60. The molecule has 138 valence electrons. The van der Waals surface area contributed by atoms with E-state index in [0.717, 1.165) is 31.4 Å². The lowest BCUT2D eigenvalue weighted by atomic mass is 10.1. The van der Waals surface area contributed by atoms with Gasteiger partial charge in [0.15, 0.2) is 0 Å². The molecule has 4 nitrogen and oxygen atoms in total. The van der Waals surface area contributed by atoms with Gasteiger partial charge in [-0.15, -0.1) is 0 Å². The van der Waals surface area contributed by atoms with Crippen molar-refractivity contribution in [3.63, 3.8) is 0 Å². The van der Waals surface area contributed by atoms with E-state index in [1.54, 1.807) is 0 Å². The van der Waals surface area contributed by atoms with Gasteiger partial charge in [-0.05, 0) is 31.0 Å². The summed E-state index contributed by atoms with van der Waals surface area (Å²) in [5, 5.41) is 4.96. The highest BCUT2D eigenvalue weighted by atomic mass is 35.5. The van der Waals surface area contributed by atoms with Crippen LogP contribution < -0.4 is 10.6 Å². The number of amides is 2. The number of unbranched alkanes of at least 4 members (excludes halogenated alkanes) is 2. The van der Waals surface area contributed by atoms with Gasteiger partial charge in [0.05, 0.1) is 23.1 Å². The fraction of sp³-hybridized carbons (Fsp3) is 0.529. The van der Waals surface area contributed by atoms with Crippen molar-refractivity contribution >= 4 is 29.1 Å². The van der Waals surface area contributed by atoms with Crippen LogP contribution in [0.5, 0.6) is 0 Å². The first kappa shape index (κ1) is 19.6. The van der Waals surface area contributed by atoms with Crippen LogP contribution >= 0.6 is 11.6 Å². The summed E-state index contributed by atoms with van der Waals surface area (Å²) < 4.78 is 39.1. The van der Waals surface area contributed by atoms with Crippen LogP contribution in [0.15, 0.2) is 18.2 Å². The van der Waals surface area contributed by atoms with Crippen LogP contribution in [0.25, 0.3) is 0 Å². The summed E-state index contributed by atoms with van der Waals surface area (Å²) in [6, 6.07) is 3.16. The molecule has 2 atom stereocenters. The van der Waals surface area contributed by atoms with Gasteiger partial charge in [0.1, 0.15) is 0 Å². The summed E-state index contributed by atoms with van der Waals surface area (Å²) in [7, 11) is 0. The van der Waals surface area contributed by atoms with Gasteiger partial charge in [-0.1, -0.05) is 31.4 Å². The second kappa shape index (κ2) is 8.08.